The van der Waals surface area contributed by atoms with Gasteiger partial charge in [0.05, 0.1) is 11.0 Å². The van der Waals surface area contributed by atoms with E-state index >= 15 is 0 Å². The van der Waals surface area contributed by atoms with Crippen LogP contribution in [0.25, 0.3) is 104 Å². The van der Waals surface area contributed by atoms with E-state index in [1.165, 1.54) is 110 Å². The molecule has 0 radical (unpaired) electrons. The van der Waals surface area contributed by atoms with Gasteiger partial charge in [-0.2, -0.15) is 0 Å². The first kappa shape index (κ1) is 41.9. The molecule has 0 atom stereocenters. The molecule has 0 saturated carbocycles. The van der Waals surface area contributed by atoms with Gasteiger partial charge in [-0.05, 0) is 155 Å². The van der Waals surface area contributed by atoms with Crippen molar-refractivity contribution in [1.82, 2.24) is 4.57 Å². The van der Waals surface area contributed by atoms with Crippen molar-refractivity contribution in [2.24, 2.45) is 0 Å². The summed E-state index contributed by atoms with van der Waals surface area (Å²) in [6.45, 7) is 6.96. The molecule has 0 amide bonds. The van der Waals surface area contributed by atoms with Gasteiger partial charge >= 0.3 is 0 Å². The van der Waals surface area contributed by atoms with E-state index in [1.807, 2.05) is 0 Å². The van der Waals surface area contributed by atoms with E-state index < -0.39 is 0 Å². The Morgan fingerprint density at radius 3 is 1.58 bits per heavy atom. The molecule has 0 N–H and O–H groups in total. The van der Waals surface area contributed by atoms with Crippen LogP contribution >= 0.6 is 0 Å². The fourth-order valence-corrected chi connectivity index (χ4v) is 12.3. The van der Waals surface area contributed by atoms with E-state index in [1.54, 1.807) is 0 Å². The molecule has 72 heavy (non-hydrogen) atoms. The molecule has 340 valence electrons. The van der Waals surface area contributed by atoms with Gasteiger partial charge in [-0.3, -0.25) is 0 Å². The van der Waals surface area contributed by atoms with Crippen LogP contribution in [-0.4, -0.2) is 4.57 Å². The first-order chi connectivity index (χ1) is 35.4. The normalized spacial score (nSPS) is 12.8. The zero-order chi connectivity index (χ0) is 48.1. The molecule has 13 aromatic rings. The minimum atomic E-state index is -0.131. The molecular formula is C70H50N2. The minimum absolute atomic E-state index is 0.131. The number of benzene rings is 12. The maximum absolute atomic E-state index is 2.47. The second kappa shape index (κ2) is 16.3. The van der Waals surface area contributed by atoms with E-state index in [0.29, 0.717) is 0 Å². The summed E-state index contributed by atoms with van der Waals surface area (Å²) < 4.78 is 2.47. The van der Waals surface area contributed by atoms with Gasteiger partial charge in [-0.25, -0.2) is 0 Å². The molecule has 2 nitrogen and oxygen atoms in total. The molecule has 0 saturated heterocycles. The summed E-state index contributed by atoms with van der Waals surface area (Å²) in [5.74, 6) is 0. The average molecular weight is 919 g/mol. The van der Waals surface area contributed by atoms with Crippen molar-refractivity contribution in [3.63, 3.8) is 0 Å². The van der Waals surface area contributed by atoms with Crippen molar-refractivity contribution in [3.8, 4) is 50.2 Å². The summed E-state index contributed by atoms with van der Waals surface area (Å²) in [5.41, 5.74) is 20.6. The SMILES string of the molecule is Cc1cccc2c3ccc(-c4c(-c5ccc(N(c6ccc(-c7ccccc7)cc6)c6ccc7c(c6)C(C)(C)c6ccccc6-7)cc5)ccc5c6ccccc6c6ccccc6c45)cc3n(-c3ccccc3)c12. The number of fused-ring (bicyclic) bond motifs is 12. The summed E-state index contributed by atoms with van der Waals surface area (Å²) >= 11 is 0. The Bertz CT molecular complexity index is 4240. The van der Waals surface area contributed by atoms with Gasteiger partial charge in [0, 0.05) is 38.9 Å². The lowest BCUT2D eigenvalue weighted by Gasteiger charge is -2.28. The molecule has 0 unspecified atom stereocenters. The van der Waals surface area contributed by atoms with Crippen molar-refractivity contribution in [2.45, 2.75) is 26.2 Å². The molecule has 1 aliphatic rings. The topological polar surface area (TPSA) is 8.17 Å². The average Bonchev–Trinajstić information content (AvgIpc) is 3.89. The van der Waals surface area contributed by atoms with Crippen LogP contribution in [0, 0.1) is 6.92 Å². The van der Waals surface area contributed by atoms with Gasteiger partial charge in [-0.15, -0.1) is 0 Å². The van der Waals surface area contributed by atoms with Crippen LogP contribution in [0.2, 0.25) is 0 Å². The predicted octanol–water partition coefficient (Wildman–Crippen LogP) is 19.3. The van der Waals surface area contributed by atoms with Crippen LogP contribution in [0.1, 0.15) is 30.5 Å². The van der Waals surface area contributed by atoms with Crippen LogP contribution in [0.3, 0.4) is 0 Å². The number of hydrogen-bond donors (Lipinski definition) is 0. The maximum Gasteiger partial charge on any atom is 0.0570 e. The number of rotatable bonds is 7. The molecule has 14 rings (SSSR count). The molecule has 0 bridgehead atoms. The van der Waals surface area contributed by atoms with Crippen LogP contribution < -0.4 is 4.90 Å². The van der Waals surface area contributed by atoms with Crippen molar-refractivity contribution < 1.29 is 0 Å². The third-order valence-corrected chi connectivity index (χ3v) is 15.7. The Labute approximate surface area is 420 Å². The van der Waals surface area contributed by atoms with E-state index in [2.05, 4.69) is 279 Å². The standard InChI is InChI=1S/C70H50N2/c1-45-17-16-27-63-60-39-33-49(43-66(60)72(69(45)63)50-20-8-5-9-21-50)67-54(41-42-62-57-24-11-10-22-55(57)56-23-12-13-26-61(56)68(62)67)48-31-36-52(37-32-48)71(51-34-29-47(30-35-51)46-18-6-4-7-19-46)53-38-40-59-58-25-14-15-28-64(58)70(2,3)65(59)44-53/h4-44H,1-3H3. The van der Waals surface area contributed by atoms with Crippen molar-refractivity contribution in [1.29, 1.82) is 0 Å². The Morgan fingerprint density at radius 2 is 0.861 bits per heavy atom. The van der Waals surface area contributed by atoms with Crippen LogP contribution in [-0.2, 0) is 5.41 Å². The molecule has 0 fully saturated rings. The van der Waals surface area contributed by atoms with Crippen molar-refractivity contribution in [2.75, 3.05) is 4.90 Å². The maximum atomic E-state index is 2.47. The van der Waals surface area contributed by atoms with Crippen LogP contribution in [0.5, 0.6) is 0 Å². The third-order valence-electron chi connectivity index (χ3n) is 15.7. The zero-order valence-electron chi connectivity index (χ0n) is 40.6. The van der Waals surface area contributed by atoms with Gasteiger partial charge in [0.25, 0.3) is 0 Å². The molecule has 1 aromatic heterocycles. The first-order valence-electron chi connectivity index (χ1n) is 25.2. The number of nitrogens with zero attached hydrogens (tertiary/aromatic N) is 2. The Balaban J connectivity index is 0.985. The van der Waals surface area contributed by atoms with Gasteiger partial charge in [0.2, 0.25) is 0 Å². The number of aryl methyl sites for hydroxylation is 1. The summed E-state index contributed by atoms with van der Waals surface area (Å²) in [7, 11) is 0. The van der Waals surface area contributed by atoms with E-state index in [9.17, 15) is 0 Å². The second-order valence-electron chi connectivity index (χ2n) is 20.1. The largest absolute Gasteiger partial charge is 0.310 e. The summed E-state index contributed by atoms with van der Waals surface area (Å²) in [4.78, 5) is 2.43. The monoisotopic (exact) mass is 918 g/mol. The Kier molecular flexibility index (Phi) is 9.50. The molecule has 0 spiro atoms. The highest BCUT2D eigenvalue weighted by atomic mass is 15.1. The lowest BCUT2D eigenvalue weighted by Crippen LogP contribution is -2.16. The van der Waals surface area contributed by atoms with Crippen molar-refractivity contribution in [3.05, 3.63) is 265 Å². The zero-order valence-corrected chi connectivity index (χ0v) is 40.6. The van der Waals surface area contributed by atoms with Crippen LogP contribution in [0.4, 0.5) is 17.1 Å². The van der Waals surface area contributed by atoms with Gasteiger partial charge in [-0.1, -0.05) is 208 Å². The summed E-state index contributed by atoms with van der Waals surface area (Å²) in [5, 5.41) is 10.1. The van der Waals surface area contributed by atoms with Crippen molar-refractivity contribution >= 4 is 71.2 Å². The first-order valence-corrected chi connectivity index (χ1v) is 25.2. The minimum Gasteiger partial charge on any atom is -0.310 e. The fraction of sp³-hybridized carbons (Fsp3) is 0.0571. The smallest absolute Gasteiger partial charge is 0.0570 e. The highest BCUT2D eigenvalue weighted by molar-refractivity contribution is 6.30. The van der Waals surface area contributed by atoms with Gasteiger partial charge in [0.15, 0.2) is 0 Å². The fourth-order valence-electron chi connectivity index (χ4n) is 12.3. The molecular weight excluding hydrogens is 869 g/mol. The number of para-hydroxylation sites is 2. The lowest BCUT2D eigenvalue weighted by atomic mass is 9.82. The van der Waals surface area contributed by atoms with E-state index in [4.69, 9.17) is 0 Å². The second-order valence-corrected chi connectivity index (χ2v) is 20.1. The number of aromatic nitrogens is 1. The Hall–Kier alpha value is -8.98. The molecule has 2 heteroatoms. The summed E-state index contributed by atoms with van der Waals surface area (Å²) in [6.07, 6.45) is 0. The lowest BCUT2D eigenvalue weighted by molar-refractivity contribution is 0.660. The highest BCUT2D eigenvalue weighted by Crippen LogP contribution is 2.52. The van der Waals surface area contributed by atoms with E-state index in [-0.39, 0.29) is 5.41 Å². The molecule has 0 aliphatic heterocycles. The van der Waals surface area contributed by atoms with E-state index in [0.717, 1.165) is 28.3 Å². The molecule has 12 aromatic carbocycles. The number of anilines is 3. The molecule has 1 aliphatic carbocycles. The summed E-state index contributed by atoms with van der Waals surface area (Å²) in [6, 6.07) is 92.3. The quantitative estimate of drug-likeness (QED) is 0.145. The van der Waals surface area contributed by atoms with Gasteiger partial charge < -0.3 is 9.47 Å². The van der Waals surface area contributed by atoms with Crippen LogP contribution in [0.15, 0.2) is 249 Å². The van der Waals surface area contributed by atoms with Gasteiger partial charge in [0.1, 0.15) is 0 Å². The number of hydrogen-bond acceptors (Lipinski definition) is 1. The molecule has 1 heterocycles. The highest BCUT2D eigenvalue weighted by Gasteiger charge is 2.36. The third kappa shape index (κ3) is 6.42. The predicted molar refractivity (Wildman–Crippen MR) is 307 cm³/mol. The Morgan fingerprint density at radius 1 is 0.347 bits per heavy atom.